The van der Waals surface area contributed by atoms with Crippen LogP contribution in [0.5, 0.6) is 0 Å². The van der Waals surface area contributed by atoms with E-state index >= 15 is 0 Å². The Morgan fingerprint density at radius 1 is 1.19 bits per heavy atom. The lowest BCUT2D eigenvalue weighted by atomic mass is 10.1. The average Bonchev–Trinajstić information content (AvgIpc) is 3.12. The van der Waals surface area contributed by atoms with Gasteiger partial charge in [0, 0.05) is 11.1 Å². The van der Waals surface area contributed by atoms with E-state index in [1.165, 1.54) is 24.4 Å². The van der Waals surface area contributed by atoms with Crippen LogP contribution >= 0.6 is 0 Å². The van der Waals surface area contributed by atoms with Crippen LogP contribution in [0.4, 0.5) is 24.8 Å². The van der Waals surface area contributed by atoms with E-state index < -0.39 is 40.2 Å². The zero-order valence-electron chi connectivity index (χ0n) is 15.4. The third-order valence-electron chi connectivity index (χ3n) is 4.53. The monoisotopic (exact) mass is 425 g/mol. The molecule has 2 aromatic carbocycles. The fourth-order valence-electron chi connectivity index (χ4n) is 3.09. The van der Waals surface area contributed by atoms with Crippen LogP contribution in [0, 0.1) is 38.9 Å². The Morgan fingerprint density at radius 3 is 2.55 bits per heavy atom. The number of hydrogen-bond donors (Lipinski definition) is 1. The van der Waals surface area contributed by atoms with Crippen molar-refractivity contribution in [1.82, 2.24) is 19.7 Å². The summed E-state index contributed by atoms with van der Waals surface area (Å²) >= 11 is 0. The second-order valence-electron chi connectivity index (χ2n) is 6.39. The molecular weight excluding hydrogens is 415 g/mol. The number of non-ortho nitro benzene ring substituents is 1. The number of nitrogens with two attached hydrogens (primary N) is 1. The fourth-order valence-corrected chi connectivity index (χ4v) is 3.09. The molecule has 0 atom stereocenters. The molecule has 0 bridgehead atoms. The summed E-state index contributed by atoms with van der Waals surface area (Å²) in [6.45, 7) is -0.463. The minimum atomic E-state index is -1.13. The standard InChI is InChI=1S/C19H10F3N7O2/c20-14-4-10(29(30)31)5-15(21)13(14)8-28-18-12(7-25-28)17(26-19(24)27-18)11-3-1-2-9(6-23)16(11)22/h1-5,7H,8H2,(H2,24,26,27). The molecular formula is C19H10F3N7O2. The number of nitriles is 1. The summed E-state index contributed by atoms with van der Waals surface area (Å²) in [7, 11) is 0. The topological polar surface area (TPSA) is 137 Å². The van der Waals surface area contributed by atoms with E-state index in [9.17, 15) is 23.3 Å². The van der Waals surface area contributed by atoms with Gasteiger partial charge in [-0.3, -0.25) is 10.1 Å². The minimum Gasteiger partial charge on any atom is -0.368 e. The van der Waals surface area contributed by atoms with Gasteiger partial charge in [-0.25, -0.2) is 22.8 Å². The Bertz CT molecular complexity index is 1390. The molecule has 0 fully saturated rings. The third-order valence-corrected chi connectivity index (χ3v) is 4.53. The van der Waals surface area contributed by atoms with Gasteiger partial charge in [-0.1, -0.05) is 6.07 Å². The van der Waals surface area contributed by atoms with E-state index in [-0.39, 0.29) is 33.8 Å². The van der Waals surface area contributed by atoms with E-state index in [4.69, 9.17) is 11.0 Å². The van der Waals surface area contributed by atoms with E-state index in [0.29, 0.717) is 12.1 Å². The molecule has 0 saturated carbocycles. The first kappa shape index (κ1) is 19.8. The number of nitrogens with zero attached hydrogens (tertiary/aromatic N) is 6. The zero-order valence-corrected chi connectivity index (χ0v) is 15.4. The Balaban J connectivity index is 1.85. The summed E-state index contributed by atoms with van der Waals surface area (Å²) in [5, 5.41) is 24.1. The van der Waals surface area contributed by atoms with Crippen LogP contribution in [0.1, 0.15) is 11.1 Å². The zero-order chi connectivity index (χ0) is 22.3. The smallest absolute Gasteiger partial charge is 0.275 e. The summed E-state index contributed by atoms with van der Waals surface area (Å²) in [5.41, 5.74) is 4.41. The minimum absolute atomic E-state index is 0.0228. The van der Waals surface area contributed by atoms with E-state index in [0.717, 1.165) is 4.68 Å². The number of halogens is 3. The largest absolute Gasteiger partial charge is 0.368 e. The maximum atomic E-state index is 14.7. The maximum Gasteiger partial charge on any atom is 0.275 e. The van der Waals surface area contributed by atoms with Gasteiger partial charge in [0.1, 0.15) is 23.5 Å². The van der Waals surface area contributed by atoms with Gasteiger partial charge in [0.05, 0.1) is 46.4 Å². The van der Waals surface area contributed by atoms with E-state index in [1.54, 1.807) is 6.07 Å². The summed E-state index contributed by atoms with van der Waals surface area (Å²) in [6.07, 6.45) is 1.27. The van der Waals surface area contributed by atoms with Crippen LogP contribution in [0.2, 0.25) is 0 Å². The summed E-state index contributed by atoms with van der Waals surface area (Å²) in [4.78, 5) is 17.9. The number of nitrogen functional groups attached to an aromatic ring is 1. The van der Waals surface area contributed by atoms with Crippen molar-refractivity contribution in [3.8, 4) is 17.3 Å². The van der Waals surface area contributed by atoms with Crippen LogP contribution in [-0.4, -0.2) is 24.7 Å². The number of nitro groups is 1. The molecule has 4 rings (SSSR count). The quantitative estimate of drug-likeness (QED) is 0.391. The predicted molar refractivity (Wildman–Crippen MR) is 102 cm³/mol. The highest BCUT2D eigenvalue weighted by atomic mass is 19.1. The highest BCUT2D eigenvalue weighted by molar-refractivity contribution is 5.91. The van der Waals surface area contributed by atoms with Crippen LogP contribution in [0.25, 0.3) is 22.3 Å². The normalized spacial score (nSPS) is 10.9. The molecule has 0 unspecified atom stereocenters. The number of fused-ring (bicyclic) bond motifs is 1. The molecule has 154 valence electrons. The van der Waals surface area contributed by atoms with Crippen molar-refractivity contribution in [3.05, 3.63) is 75.2 Å². The van der Waals surface area contributed by atoms with Gasteiger partial charge in [-0.15, -0.1) is 0 Å². The van der Waals surface area contributed by atoms with Crippen LogP contribution < -0.4 is 5.73 Å². The van der Waals surface area contributed by atoms with Gasteiger partial charge >= 0.3 is 0 Å². The second-order valence-corrected chi connectivity index (χ2v) is 6.39. The molecule has 0 aliphatic heterocycles. The first-order chi connectivity index (χ1) is 14.8. The lowest BCUT2D eigenvalue weighted by Gasteiger charge is -2.09. The molecule has 12 heteroatoms. The Hall–Kier alpha value is -4.53. The van der Waals surface area contributed by atoms with Crippen molar-refractivity contribution in [2.75, 3.05) is 5.73 Å². The lowest BCUT2D eigenvalue weighted by Crippen LogP contribution is -2.09. The molecule has 4 aromatic rings. The number of rotatable bonds is 4. The highest BCUT2D eigenvalue weighted by Crippen LogP contribution is 2.30. The first-order valence-electron chi connectivity index (χ1n) is 8.60. The molecule has 0 amide bonds. The number of anilines is 1. The predicted octanol–water partition coefficient (Wildman–Crippen LogP) is 3.32. The molecule has 9 nitrogen and oxygen atoms in total. The molecule has 0 spiro atoms. The van der Waals surface area contributed by atoms with Crippen LogP contribution in [0.15, 0.2) is 36.5 Å². The van der Waals surface area contributed by atoms with Crippen LogP contribution in [0.3, 0.4) is 0 Å². The van der Waals surface area contributed by atoms with Gasteiger partial charge in [-0.2, -0.15) is 15.3 Å². The average molecular weight is 425 g/mol. The summed E-state index contributed by atoms with van der Waals surface area (Å²) in [5.74, 6) is -3.34. The number of nitro benzene ring substituents is 1. The van der Waals surface area contributed by atoms with Gasteiger partial charge in [0.2, 0.25) is 5.95 Å². The van der Waals surface area contributed by atoms with Crippen molar-refractivity contribution in [1.29, 1.82) is 5.26 Å². The van der Waals surface area contributed by atoms with E-state index in [1.807, 2.05) is 0 Å². The fraction of sp³-hybridized carbons (Fsp3) is 0.0526. The maximum absolute atomic E-state index is 14.7. The van der Waals surface area contributed by atoms with Gasteiger partial charge in [-0.05, 0) is 12.1 Å². The van der Waals surface area contributed by atoms with Crippen molar-refractivity contribution < 1.29 is 18.1 Å². The molecule has 2 N–H and O–H groups in total. The van der Waals surface area contributed by atoms with E-state index in [2.05, 4.69) is 15.1 Å². The third kappa shape index (κ3) is 3.38. The molecule has 31 heavy (non-hydrogen) atoms. The second kappa shape index (κ2) is 7.38. The molecule has 0 saturated heterocycles. The molecule has 0 aliphatic rings. The summed E-state index contributed by atoms with van der Waals surface area (Å²) in [6, 6.07) is 7.08. The lowest BCUT2D eigenvalue weighted by molar-refractivity contribution is -0.385. The molecule has 2 aromatic heterocycles. The van der Waals surface area contributed by atoms with Crippen molar-refractivity contribution in [2.45, 2.75) is 6.54 Å². The summed E-state index contributed by atoms with van der Waals surface area (Å²) < 4.78 is 44.4. The van der Waals surface area contributed by atoms with Gasteiger partial charge < -0.3 is 5.73 Å². The number of aromatic nitrogens is 4. The SMILES string of the molecule is N#Cc1cccc(-c2nc(N)nc3c2cnn3Cc2c(F)cc([N+](=O)[O-])cc2F)c1F. The van der Waals surface area contributed by atoms with Crippen molar-refractivity contribution in [2.24, 2.45) is 0 Å². The van der Waals surface area contributed by atoms with Gasteiger partial charge in [0.15, 0.2) is 5.65 Å². The molecule has 0 radical (unpaired) electrons. The highest BCUT2D eigenvalue weighted by Gasteiger charge is 2.21. The van der Waals surface area contributed by atoms with Gasteiger partial charge in [0.25, 0.3) is 5.69 Å². The van der Waals surface area contributed by atoms with Crippen LogP contribution in [-0.2, 0) is 6.54 Å². The molecule has 2 heterocycles. The van der Waals surface area contributed by atoms with Crippen molar-refractivity contribution >= 4 is 22.7 Å². The Morgan fingerprint density at radius 2 is 1.90 bits per heavy atom. The Labute approximate surface area is 171 Å². The Kier molecular flexibility index (Phi) is 4.70. The number of hydrogen-bond acceptors (Lipinski definition) is 7. The first-order valence-corrected chi connectivity index (χ1v) is 8.60. The van der Waals surface area contributed by atoms with Crippen molar-refractivity contribution in [3.63, 3.8) is 0 Å². The number of benzene rings is 2. The molecule has 0 aliphatic carbocycles.